The van der Waals surface area contributed by atoms with Crippen molar-refractivity contribution in [1.82, 2.24) is 5.32 Å². The van der Waals surface area contributed by atoms with Crippen LogP contribution in [0.5, 0.6) is 11.5 Å². The number of nitrogens with one attached hydrogen (secondary N) is 1. The van der Waals surface area contributed by atoms with Gasteiger partial charge in [-0.3, -0.25) is 4.79 Å². The third-order valence-electron chi connectivity index (χ3n) is 3.67. The highest BCUT2D eigenvalue weighted by molar-refractivity contribution is 5.81. The fourth-order valence-electron chi connectivity index (χ4n) is 2.31. The first-order valence-corrected chi connectivity index (χ1v) is 7.80. The molecule has 2 atom stereocenters. The molecule has 0 spiro atoms. The maximum atomic E-state index is 12.4. The number of ether oxygens (including phenoxy) is 2. The number of methoxy groups -OCH3 is 1. The summed E-state index contributed by atoms with van der Waals surface area (Å²) in [4.78, 5) is 12.4. The van der Waals surface area contributed by atoms with E-state index in [9.17, 15) is 4.79 Å². The van der Waals surface area contributed by atoms with Crippen LogP contribution in [0.1, 0.15) is 31.9 Å². The average Bonchev–Trinajstić information content (AvgIpc) is 2.60. The van der Waals surface area contributed by atoms with Gasteiger partial charge in [-0.1, -0.05) is 37.3 Å². The van der Waals surface area contributed by atoms with Crippen molar-refractivity contribution in [3.05, 3.63) is 60.2 Å². The monoisotopic (exact) mass is 313 g/mol. The van der Waals surface area contributed by atoms with E-state index in [-0.39, 0.29) is 11.9 Å². The van der Waals surface area contributed by atoms with Gasteiger partial charge in [0, 0.05) is 0 Å². The molecular weight excluding hydrogens is 290 g/mol. The van der Waals surface area contributed by atoms with Crippen molar-refractivity contribution in [2.24, 2.45) is 0 Å². The third-order valence-corrected chi connectivity index (χ3v) is 3.67. The molecule has 2 aromatic rings. The Bertz CT molecular complexity index is 610. The van der Waals surface area contributed by atoms with Crippen LogP contribution in [0, 0.1) is 0 Å². The number of rotatable bonds is 7. The molecule has 0 aliphatic rings. The van der Waals surface area contributed by atoms with Gasteiger partial charge in [-0.05, 0) is 43.2 Å². The van der Waals surface area contributed by atoms with Crippen LogP contribution < -0.4 is 14.8 Å². The first-order valence-electron chi connectivity index (χ1n) is 7.80. The van der Waals surface area contributed by atoms with Crippen LogP contribution in [0.4, 0.5) is 0 Å². The smallest absolute Gasteiger partial charge is 0.261 e. The van der Waals surface area contributed by atoms with Crippen LogP contribution in [0.3, 0.4) is 0 Å². The summed E-state index contributed by atoms with van der Waals surface area (Å²) in [6, 6.07) is 17.1. The molecule has 2 unspecified atom stereocenters. The van der Waals surface area contributed by atoms with Gasteiger partial charge in [0.15, 0.2) is 6.10 Å². The summed E-state index contributed by atoms with van der Waals surface area (Å²) >= 11 is 0. The average molecular weight is 313 g/mol. The molecule has 0 aromatic heterocycles. The van der Waals surface area contributed by atoms with Gasteiger partial charge >= 0.3 is 0 Å². The second kappa shape index (κ2) is 8.22. The topological polar surface area (TPSA) is 47.6 Å². The zero-order valence-electron chi connectivity index (χ0n) is 13.8. The first-order chi connectivity index (χ1) is 11.1. The third kappa shape index (κ3) is 4.74. The van der Waals surface area contributed by atoms with E-state index in [1.165, 1.54) is 0 Å². The Morgan fingerprint density at radius 3 is 2.22 bits per heavy atom. The summed E-state index contributed by atoms with van der Waals surface area (Å²) in [6.07, 6.45) is 0.256. The van der Waals surface area contributed by atoms with Gasteiger partial charge in [-0.15, -0.1) is 0 Å². The van der Waals surface area contributed by atoms with Crippen LogP contribution in [-0.4, -0.2) is 19.1 Å². The second-order valence-corrected chi connectivity index (χ2v) is 5.32. The Kier molecular flexibility index (Phi) is 6.03. The second-order valence-electron chi connectivity index (χ2n) is 5.32. The fraction of sp³-hybridized carbons (Fsp3) is 0.316. The highest BCUT2D eigenvalue weighted by atomic mass is 16.5. The number of benzene rings is 2. The molecule has 0 saturated carbocycles. The van der Waals surface area contributed by atoms with Crippen LogP contribution in [-0.2, 0) is 4.79 Å². The van der Waals surface area contributed by atoms with Crippen molar-refractivity contribution >= 4 is 5.91 Å². The summed E-state index contributed by atoms with van der Waals surface area (Å²) in [5.41, 5.74) is 1.10. The van der Waals surface area contributed by atoms with Crippen molar-refractivity contribution in [1.29, 1.82) is 0 Å². The normalized spacial score (nSPS) is 13.0. The lowest BCUT2D eigenvalue weighted by molar-refractivity contribution is -0.128. The van der Waals surface area contributed by atoms with Gasteiger partial charge in [-0.2, -0.15) is 0 Å². The standard InChI is InChI=1S/C19H23NO3/c1-4-18(15-8-6-5-7-9-15)20-19(21)14(2)23-17-12-10-16(22-3)11-13-17/h5-14,18H,4H2,1-3H3,(H,20,21). The molecule has 0 saturated heterocycles. The number of hydrogen-bond donors (Lipinski definition) is 1. The number of carbonyl (C=O) groups is 1. The molecule has 1 N–H and O–H groups in total. The molecule has 2 aromatic carbocycles. The summed E-state index contributed by atoms with van der Waals surface area (Å²) in [5.74, 6) is 1.27. The maximum absolute atomic E-state index is 12.4. The minimum Gasteiger partial charge on any atom is -0.497 e. The zero-order valence-corrected chi connectivity index (χ0v) is 13.8. The van der Waals surface area contributed by atoms with Gasteiger partial charge in [0.05, 0.1) is 13.2 Å². The number of hydrogen-bond acceptors (Lipinski definition) is 3. The molecule has 1 amide bonds. The molecule has 0 bridgehead atoms. The van der Waals surface area contributed by atoms with Gasteiger partial charge < -0.3 is 14.8 Å². The zero-order chi connectivity index (χ0) is 16.7. The van der Waals surface area contributed by atoms with E-state index in [2.05, 4.69) is 5.32 Å². The molecule has 0 heterocycles. The van der Waals surface area contributed by atoms with Crippen LogP contribution in [0.15, 0.2) is 54.6 Å². The van der Waals surface area contributed by atoms with E-state index in [0.717, 1.165) is 17.7 Å². The Balaban J connectivity index is 1.95. The van der Waals surface area contributed by atoms with Crippen LogP contribution in [0.2, 0.25) is 0 Å². The van der Waals surface area contributed by atoms with E-state index in [1.54, 1.807) is 38.3 Å². The molecule has 0 radical (unpaired) electrons. The largest absolute Gasteiger partial charge is 0.497 e. The van der Waals surface area contributed by atoms with E-state index in [4.69, 9.17) is 9.47 Å². The predicted molar refractivity (Wildman–Crippen MR) is 90.7 cm³/mol. The maximum Gasteiger partial charge on any atom is 0.261 e. The van der Waals surface area contributed by atoms with E-state index in [0.29, 0.717) is 5.75 Å². The molecule has 0 aliphatic heterocycles. The Morgan fingerprint density at radius 1 is 1.04 bits per heavy atom. The predicted octanol–water partition coefficient (Wildman–Crippen LogP) is 3.73. The molecule has 2 rings (SSSR count). The van der Waals surface area contributed by atoms with E-state index < -0.39 is 6.10 Å². The first kappa shape index (κ1) is 16.9. The van der Waals surface area contributed by atoms with Crippen molar-refractivity contribution in [3.8, 4) is 11.5 Å². The molecule has 0 fully saturated rings. The van der Waals surface area contributed by atoms with Gasteiger partial charge in [-0.25, -0.2) is 0 Å². The molecule has 23 heavy (non-hydrogen) atoms. The highest BCUT2D eigenvalue weighted by Gasteiger charge is 2.19. The van der Waals surface area contributed by atoms with Crippen molar-refractivity contribution in [2.75, 3.05) is 7.11 Å². The molecule has 0 aliphatic carbocycles. The lowest BCUT2D eigenvalue weighted by Crippen LogP contribution is -2.38. The van der Waals surface area contributed by atoms with Crippen LogP contribution >= 0.6 is 0 Å². The Labute approximate surface area is 137 Å². The van der Waals surface area contributed by atoms with Crippen molar-refractivity contribution in [2.45, 2.75) is 32.4 Å². The Hall–Kier alpha value is -2.49. The minimum atomic E-state index is -0.568. The molecular formula is C19H23NO3. The fourth-order valence-corrected chi connectivity index (χ4v) is 2.31. The quantitative estimate of drug-likeness (QED) is 0.847. The molecule has 4 nitrogen and oxygen atoms in total. The lowest BCUT2D eigenvalue weighted by Gasteiger charge is -2.21. The Morgan fingerprint density at radius 2 is 1.65 bits per heavy atom. The summed E-state index contributed by atoms with van der Waals surface area (Å²) in [6.45, 7) is 3.80. The van der Waals surface area contributed by atoms with Crippen LogP contribution in [0.25, 0.3) is 0 Å². The minimum absolute atomic E-state index is 0.00869. The van der Waals surface area contributed by atoms with E-state index >= 15 is 0 Å². The SMILES string of the molecule is CCC(NC(=O)C(C)Oc1ccc(OC)cc1)c1ccccc1. The van der Waals surface area contributed by atoms with E-state index in [1.807, 2.05) is 37.3 Å². The van der Waals surface area contributed by atoms with Gasteiger partial charge in [0.25, 0.3) is 5.91 Å². The lowest BCUT2D eigenvalue weighted by atomic mass is 10.0. The van der Waals surface area contributed by atoms with Gasteiger partial charge in [0.2, 0.25) is 0 Å². The summed E-state index contributed by atoms with van der Waals surface area (Å²) < 4.78 is 10.8. The number of amides is 1. The molecule has 4 heteroatoms. The number of carbonyl (C=O) groups excluding carboxylic acids is 1. The summed E-state index contributed by atoms with van der Waals surface area (Å²) in [7, 11) is 1.61. The summed E-state index contributed by atoms with van der Waals surface area (Å²) in [5, 5.41) is 3.04. The highest BCUT2D eigenvalue weighted by Crippen LogP contribution is 2.19. The van der Waals surface area contributed by atoms with Gasteiger partial charge in [0.1, 0.15) is 11.5 Å². The van der Waals surface area contributed by atoms with Crippen molar-refractivity contribution in [3.63, 3.8) is 0 Å². The molecule has 122 valence electrons. The van der Waals surface area contributed by atoms with Crippen molar-refractivity contribution < 1.29 is 14.3 Å².